The van der Waals surface area contributed by atoms with E-state index in [4.69, 9.17) is 0 Å². The summed E-state index contributed by atoms with van der Waals surface area (Å²) in [6.07, 6.45) is 0. The van der Waals surface area contributed by atoms with E-state index in [1.165, 1.54) is 0 Å². The van der Waals surface area contributed by atoms with Crippen LogP contribution in [0.5, 0.6) is 0 Å². The third-order valence-corrected chi connectivity index (χ3v) is 1.36. The highest BCUT2D eigenvalue weighted by atomic mass is 16.3. The summed E-state index contributed by atoms with van der Waals surface area (Å²) in [5.74, 6) is -0.419. The van der Waals surface area contributed by atoms with Gasteiger partial charge in [0.25, 0.3) is 11.5 Å². The summed E-state index contributed by atoms with van der Waals surface area (Å²) in [5, 5.41) is 2.22. The topological polar surface area (TPSA) is 117 Å². The first-order chi connectivity index (χ1) is 6.20. The molecule has 0 aromatic carbocycles. The van der Waals surface area contributed by atoms with Crippen molar-refractivity contribution in [1.82, 2.24) is 9.97 Å². The first-order valence-corrected chi connectivity index (χ1v) is 3.16. The molecule has 1 aromatic rings. The molecule has 64 valence electrons. The van der Waals surface area contributed by atoms with Crippen molar-refractivity contribution in [2.24, 2.45) is 15.2 Å². The number of hydrogen-bond acceptors (Lipinski definition) is 5. The highest BCUT2D eigenvalue weighted by Crippen LogP contribution is 1.91. The molecular formula is C5HN5O3. The molecule has 0 bridgehead atoms. The number of aromatic nitrogens is 2. The van der Waals surface area contributed by atoms with Gasteiger partial charge < -0.3 is 0 Å². The van der Waals surface area contributed by atoms with Crippen molar-refractivity contribution in [3.63, 3.8) is 0 Å². The number of carbonyl (C=O) groups excluding carboxylic acids is 1. The zero-order chi connectivity index (χ0) is 9.42. The maximum Gasteiger partial charge on any atom is 0.370 e. The molecule has 0 aliphatic carbocycles. The normalized spacial score (nSPS) is 13.1. The largest absolute Gasteiger partial charge is 0.370 e. The smallest absolute Gasteiger partial charge is 0.286 e. The van der Waals surface area contributed by atoms with Crippen LogP contribution in [0.1, 0.15) is 0 Å². The van der Waals surface area contributed by atoms with E-state index in [-0.39, 0.29) is 10.8 Å². The van der Waals surface area contributed by atoms with Gasteiger partial charge in [0.15, 0.2) is 10.8 Å². The van der Waals surface area contributed by atoms with Gasteiger partial charge in [-0.15, -0.1) is 4.91 Å². The SMILES string of the molecule is O=Nc1nc2c(c(=O)[nH]1)=NC(=O)N=2. The number of aromatic amines is 1. The molecule has 2 heterocycles. The monoisotopic (exact) mass is 179 g/mol. The van der Waals surface area contributed by atoms with Crippen molar-refractivity contribution in [2.45, 2.75) is 0 Å². The molecule has 1 aliphatic heterocycles. The maximum absolute atomic E-state index is 11.0. The van der Waals surface area contributed by atoms with Gasteiger partial charge in [0.2, 0.25) is 0 Å². The lowest BCUT2D eigenvalue weighted by molar-refractivity contribution is 0.256. The standard InChI is InChI=1S/C5HN5O3/c11-3-1-2(8-5(12)6-1)7-4(9-3)10-13/h(H,7,8,9,11,12). The van der Waals surface area contributed by atoms with Crippen molar-refractivity contribution < 1.29 is 4.79 Å². The Morgan fingerprint density at radius 2 is 2.00 bits per heavy atom. The molecule has 0 radical (unpaired) electrons. The lowest BCUT2D eigenvalue weighted by atomic mass is 10.6. The summed E-state index contributed by atoms with van der Waals surface area (Å²) in [6, 6.07) is -0.809. The lowest BCUT2D eigenvalue weighted by Crippen LogP contribution is -2.40. The van der Waals surface area contributed by atoms with Gasteiger partial charge in [-0.25, -0.2) is 4.79 Å². The van der Waals surface area contributed by atoms with Crippen molar-refractivity contribution in [1.29, 1.82) is 0 Å². The molecule has 0 saturated heterocycles. The van der Waals surface area contributed by atoms with Crippen LogP contribution in [-0.4, -0.2) is 16.0 Å². The van der Waals surface area contributed by atoms with Gasteiger partial charge in [-0.05, 0) is 0 Å². The van der Waals surface area contributed by atoms with Gasteiger partial charge in [0, 0.05) is 5.18 Å². The highest BCUT2D eigenvalue weighted by Gasteiger charge is 2.10. The van der Waals surface area contributed by atoms with E-state index in [2.05, 4.69) is 20.1 Å². The molecule has 1 N–H and O–H groups in total. The van der Waals surface area contributed by atoms with Gasteiger partial charge >= 0.3 is 6.03 Å². The fourth-order valence-corrected chi connectivity index (χ4v) is 0.877. The Morgan fingerprint density at radius 1 is 1.23 bits per heavy atom. The number of carbonyl (C=O) groups is 1. The number of rotatable bonds is 1. The van der Waals surface area contributed by atoms with E-state index >= 15 is 0 Å². The number of nitrogens with zero attached hydrogens (tertiary/aromatic N) is 4. The number of nitroso groups, excluding NO2 is 1. The predicted molar refractivity (Wildman–Crippen MR) is 38.0 cm³/mol. The molecule has 0 fully saturated rings. The van der Waals surface area contributed by atoms with Crippen molar-refractivity contribution in [2.75, 3.05) is 0 Å². The summed E-state index contributed by atoms with van der Waals surface area (Å²) < 4.78 is 0. The molecule has 2 rings (SSSR count). The Balaban J connectivity index is 2.97. The van der Waals surface area contributed by atoms with Crippen molar-refractivity contribution in [3.05, 3.63) is 26.1 Å². The average Bonchev–Trinajstić information content (AvgIpc) is 2.46. The van der Waals surface area contributed by atoms with Gasteiger partial charge in [-0.1, -0.05) is 0 Å². The van der Waals surface area contributed by atoms with Gasteiger partial charge in [0.05, 0.1) is 0 Å². The van der Waals surface area contributed by atoms with Crippen LogP contribution >= 0.6 is 0 Å². The van der Waals surface area contributed by atoms with E-state index in [0.29, 0.717) is 0 Å². The van der Waals surface area contributed by atoms with Crippen LogP contribution in [0, 0.1) is 4.91 Å². The van der Waals surface area contributed by atoms with Crippen molar-refractivity contribution in [3.8, 4) is 0 Å². The highest BCUT2D eigenvalue weighted by molar-refractivity contribution is 5.77. The minimum atomic E-state index is -0.809. The summed E-state index contributed by atoms with van der Waals surface area (Å²) in [5.41, 5.74) is -0.863. The Bertz CT molecular complexity index is 571. The van der Waals surface area contributed by atoms with Gasteiger partial charge in [0.1, 0.15) is 0 Å². The Hall–Kier alpha value is -2.25. The quantitative estimate of drug-likeness (QED) is 0.530. The molecule has 8 heteroatoms. The molecule has 8 nitrogen and oxygen atoms in total. The van der Waals surface area contributed by atoms with E-state index in [9.17, 15) is 14.5 Å². The van der Waals surface area contributed by atoms with E-state index in [0.717, 1.165) is 0 Å². The second-order valence-electron chi connectivity index (χ2n) is 2.16. The van der Waals surface area contributed by atoms with Crippen molar-refractivity contribution >= 4 is 12.0 Å². The molecule has 1 aromatic heterocycles. The van der Waals surface area contributed by atoms with E-state index < -0.39 is 17.5 Å². The minimum Gasteiger partial charge on any atom is -0.286 e. The molecule has 0 unspecified atom stereocenters. The molecule has 2 amide bonds. The molecule has 0 saturated carbocycles. The van der Waals surface area contributed by atoms with Crippen LogP contribution in [-0.2, 0) is 0 Å². The minimum absolute atomic E-state index is 0.164. The summed E-state index contributed by atoms with van der Waals surface area (Å²) in [4.78, 5) is 43.7. The number of nitrogens with one attached hydrogen (secondary N) is 1. The third-order valence-electron chi connectivity index (χ3n) is 1.36. The zero-order valence-corrected chi connectivity index (χ0v) is 6.01. The lowest BCUT2D eigenvalue weighted by Gasteiger charge is -1.83. The maximum atomic E-state index is 11.0. The number of amides is 2. The van der Waals surface area contributed by atoms with Gasteiger partial charge in [-0.2, -0.15) is 15.0 Å². The second kappa shape index (κ2) is 2.37. The average molecular weight is 179 g/mol. The Morgan fingerprint density at radius 3 is 2.69 bits per heavy atom. The fourth-order valence-electron chi connectivity index (χ4n) is 0.877. The molecule has 13 heavy (non-hydrogen) atoms. The van der Waals surface area contributed by atoms with Crippen LogP contribution in [0.4, 0.5) is 10.7 Å². The van der Waals surface area contributed by atoms with Crippen LogP contribution in [0.15, 0.2) is 20.0 Å². The summed E-state index contributed by atoms with van der Waals surface area (Å²) in [6.45, 7) is 0. The number of hydrogen-bond donors (Lipinski definition) is 1. The van der Waals surface area contributed by atoms with Crippen LogP contribution in [0.2, 0.25) is 0 Å². The van der Waals surface area contributed by atoms with Gasteiger partial charge in [-0.3, -0.25) is 9.78 Å². The number of H-pyrrole nitrogens is 1. The first kappa shape index (κ1) is 7.40. The molecular weight excluding hydrogens is 178 g/mol. The summed E-state index contributed by atoms with van der Waals surface area (Å²) in [7, 11) is 0. The zero-order valence-electron chi connectivity index (χ0n) is 6.01. The van der Waals surface area contributed by atoms with Crippen LogP contribution in [0.3, 0.4) is 0 Å². The van der Waals surface area contributed by atoms with E-state index in [1.807, 2.05) is 4.98 Å². The first-order valence-electron chi connectivity index (χ1n) is 3.16. The molecule has 0 spiro atoms. The Kier molecular flexibility index (Phi) is 1.35. The van der Waals surface area contributed by atoms with Crippen LogP contribution < -0.4 is 16.4 Å². The second-order valence-corrected chi connectivity index (χ2v) is 2.16. The third kappa shape index (κ3) is 1.04. The number of urea groups is 1. The van der Waals surface area contributed by atoms with Crippen LogP contribution in [0.25, 0.3) is 0 Å². The number of fused-ring (bicyclic) bond motifs is 1. The van der Waals surface area contributed by atoms with E-state index in [1.54, 1.807) is 0 Å². The molecule has 0 atom stereocenters. The Labute approximate surface area is 69.0 Å². The summed E-state index contributed by atoms with van der Waals surface area (Å²) >= 11 is 0. The molecule has 1 aliphatic rings. The fraction of sp³-hybridized carbons (Fsp3) is 0. The predicted octanol–water partition coefficient (Wildman–Crippen LogP) is -1.46.